The Kier molecular flexibility index (Phi) is 10.8. The topological polar surface area (TPSA) is 9.72 Å². The molecule has 1 saturated carbocycles. The first-order valence-electron chi connectivity index (χ1n) is 29.3. The monoisotopic (exact) mass is 1010 g/mol. The Bertz CT molecular complexity index is 3430. The predicted octanol–water partition coefficient (Wildman–Crippen LogP) is 18.5. The van der Waals surface area contributed by atoms with Crippen LogP contribution in [0, 0.1) is 13.8 Å². The van der Waals surface area contributed by atoms with Crippen molar-refractivity contribution in [3.8, 4) is 0 Å². The summed E-state index contributed by atoms with van der Waals surface area (Å²) in [6.45, 7) is 48.8. The average Bonchev–Trinajstić information content (AvgIpc) is 3.85. The molecule has 4 heteroatoms. The fraction of sp³-hybridized carbons (Fsp3) is 0.472. The molecule has 12 rings (SSSR count). The highest BCUT2D eigenvalue weighted by Gasteiger charge is 2.64. The molecule has 0 aromatic heterocycles. The van der Waals surface area contributed by atoms with E-state index in [1.165, 1.54) is 120 Å². The van der Waals surface area contributed by atoms with Crippen LogP contribution in [0.1, 0.15) is 217 Å². The van der Waals surface area contributed by atoms with E-state index in [0.717, 1.165) is 6.42 Å². The minimum Gasteiger partial charge on any atom is -0.338 e. The summed E-state index contributed by atoms with van der Waals surface area (Å²) in [6.07, 6.45) is 4.84. The first kappa shape index (κ1) is 51.3. The number of anilines is 6. The van der Waals surface area contributed by atoms with Gasteiger partial charge in [-0.2, -0.15) is 0 Å². The van der Waals surface area contributed by atoms with Crippen LogP contribution in [-0.4, -0.2) is 18.3 Å². The number of benzene rings is 6. The van der Waals surface area contributed by atoms with E-state index >= 15 is 0 Å². The summed E-state index contributed by atoms with van der Waals surface area (Å²) in [5.74, 6) is 0.182. The lowest BCUT2D eigenvalue weighted by Gasteiger charge is -2.54. The Hall–Kier alpha value is -5.48. The van der Waals surface area contributed by atoms with Crippen LogP contribution >= 0.6 is 0 Å². The Balaban J connectivity index is 1.25. The van der Waals surface area contributed by atoms with Gasteiger partial charge in [0.15, 0.2) is 0 Å². The summed E-state index contributed by atoms with van der Waals surface area (Å²) < 4.78 is 0. The molecule has 0 N–H and O–H groups in total. The SMILES string of the molecule is Cc1cc(C)c2c(c1)N(c1cc3c4c(c1)N(c1ccc(C(C)(C)C)cc1)C1C(B4C4=C(c5ccc(C(C)(C)C)cc5C4(C)C)N3c3ccc(C(C)(C)C)cc3)c3ccc(C(C)(C)C)cc3C1(C)C)C1(C)CCCCC21C. The third-order valence-corrected chi connectivity index (χ3v) is 20.7. The third-order valence-electron chi connectivity index (χ3n) is 20.7. The Labute approximate surface area is 459 Å². The van der Waals surface area contributed by atoms with Gasteiger partial charge in [-0.1, -0.05) is 203 Å². The van der Waals surface area contributed by atoms with E-state index < -0.39 is 0 Å². The number of aryl methyl sites for hydroxylation is 2. The van der Waals surface area contributed by atoms with E-state index in [-0.39, 0.29) is 62.0 Å². The van der Waals surface area contributed by atoms with Gasteiger partial charge in [-0.25, -0.2) is 0 Å². The average molecular weight is 1010 g/mol. The van der Waals surface area contributed by atoms with Crippen LogP contribution in [-0.2, 0) is 37.9 Å². The van der Waals surface area contributed by atoms with Gasteiger partial charge in [-0.3, -0.25) is 0 Å². The van der Waals surface area contributed by atoms with E-state index in [0.29, 0.717) is 0 Å². The molecule has 3 heterocycles. The van der Waals surface area contributed by atoms with Gasteiger partial charge in [-0.05, 0) is 165 Å². The molecule has 3 aliphatic heterocycles. The quantitative estimate of drug-likeness (QED) is 0.164. The normalized spacial score (nSPS) is 24.0. The highest BCUT2D eigenvalue weighted by Crippen LogP contribution is 2.66. The molecule has 4 atom stereocenters. The summed E-state index contributed by atoms with van der Waals surface area (Å²) >= 11 is 0. The number of hydrogen-bond acceptors (Lipinski definition) is 3. The molecule has 0 bridgehead atoms. The van der Waals surface area contributed by atoms with E-state index in [2.05, 4.69) is 262 Å². The number of nitrogens with zero attached hydrogens (tertiary/aromatic N) is 3. The van der Waals surface area contributed by atoms with Gasteiger partial charge < -0.3 is 14.7 Å². The molecule has 0 amide bonds. The van der Waals surface area contributed by atoms with Crippen molar-refractivity contribution in [1.82, 2.24) is 0 Å². The standard InChI is InChI=1S/C72H88BN3/c1-43-37-44(2)59-56(38-43)76(72(20)36-22-21-35-71(59,72)19)51-41-57-61-58(42-51)75(50-31-25-46(26-32-50)66(6,7)8)64-60(52-33-27-47(67(9,10)11)39-54(52)70(64,17)18)73(61)63-62(74(57)49-29-23-45(24-30-49)65(3,4)5)53-34-28-48(68(12,13)14)40-55(53)69(63,15)16/h23-34,37-42,60,64H,21-22,35-36H2,1-20H3. The lowest BCUT2D eigenvalue weighted by molar-refractivity contribution is 0.194. The van der Waals surface area contributed by atoms with E-state index in [9.17, 15) is 0 Å². The first-order valence-corrected chi connectivity index (χ1v) is 29.3. The highest BCUT2D eigenvalue weighted by atomic mass is 15.3. The molecule has 1 fully saturated rings. The van der Waals surface area contributed by atoms with Gasteiger partial charge in [-0.15, -0.1) is 0 Å². The number of allylic oxidation sites excluding steroid dienone is 1. The number of rotatable bonds is 3. The fourth-order valence-electron chi connectivity index (χ4n) is 16.4. The molecule has 4 unspecified atom stereocenters. The maximum Gasteiger partial charge on any atom is 0.223 e. The van der Waals surface area contributed by atoms with Crippen molar-refractivity contribution in [1.29, 1.82) is 0 Å². The van der Waals surface area contributed by atoms with Crippen LogP contribution in [0.3, 0.4) is 0 Å². The van der Waals surface area contributed by atoms with E-state index in [1.807, 2.05) is 0 Å². The molecular formula is C72H88BN3. The van der Waals surface area contributed by atoms with Gasteiger partial charge >= 0.3 is 0 Å². The van der Waals surface area contributed by atoms with Crippen molar-refractivity contribution < 1.29 is 0 Å². The molecule has 76 heavy (non-hydrogen) atoms. The molecule has 3 aliphatic carbocycles. The second kappa shape index (κ2) is 16.1. The molecule has 6 aromatic rings. The minimum atomic E-state index is -0.270. The molecule has 0 saturated heterocycles. The van der Waals surface area contributed by atoms with E-state index in [1.54, 1.807) is 11.0 Å². The molecular weight excluding hydrogens is 918 g/mol. The molecule has 394 valence electrons. The molecule has 0 spiro atoms. The van der Waals surface area contributed by atoms with E-state index in [4.69, 9.17) is 0 Å². The number of fused-ring (bicyclic) bond motifs is 10. The van der Waals surface area contributed by atoms with Crippen molar-refractivity contribution in [3.05, 3.63) is 176 Å². The molecule has 6 aliphatic rings. The smallest absolute Gasteiger partial charge is 0.223 e. The van der Waals surface area contributed by atoms with Gasteiger partial charge in [0.2, 0.25) is 6.71 Å². The molecule has 0 radical (unpaired) electrons. The number of hydrogen-bond donors (Lipinski definition) is 0. The third kappa shape index (κ3) is 7.05. The lowest BCUT2D eigenvalue weighted by Crippen LogP contribution is -2.62. The summed E-state index contributed by atoms with van der Waals surface area (Å²) in [4.78, 5) is 8.56. The van der Waals surface area contributed by atoms with Gasteiger partial charge in [0.1, 0.15) is 0 Å². The second-order valence-corrected chi connectivity index (χ2v) is 30.4. The van der Waals surface area contributed by atoms with Crippen molar-refractivity contribution in [2.45, 2.75) is 219 Å². The van der Waals surface area contributed by atoms with Gasteiger partial charge in [0, 0.05) is 67.7 Å². The zero-order chi connectivity index (χ0) is 54.6. The van der Waals surface area contributed by atoms with Crippen molar-refractivity contribution >= 4 is 52.0 Å². The van der Waals surface area contributed by atoms with Gasteiger partial charge in [0.25, 0.3) is 0 Å². The second-order valence-electron chi connectivity index (χ2n) is 30.4. The van der Waals surface area contributed by atoms with Gasteiger partial charge in [0.05, 0.1) is 5.54 Å². The van der Waals surface area contributed by atoms with Crippen LogP contribution in [0.15, 0.2) is 115 Å². The fourth-order valence-corrected chi connectivity index (χ4v) is 16.4. The Morgan fingerprint density at radius 1 is 0.513 bits per heavy atom. The Morgan fingerprint density at radius 3 is 1.63 bits per heavy atom. The van der Waals surface area contributed by atoms with Crippen LogP contribution in [0.5, 0.6) is 0 Å². The maximum atomic E-state index is 2.90. The van der Waals surface area contributed by atoms with Crippen LogP contribution in [0.25, 0.3) is 5.70 Å². The van der Waals surface area contributed by atoms with Crippen LogP contribution in [0.2, 0.25) is 0 Å². The molecule has 3 nitrogen and oxygen atoms in total. The summed E-state index contributed by atoms with van der Waals surface area (Å²) in [5.41, 5.74) is 27.6. The highest BCUT2D eigenvalue weighted by molar-refractivity contribution is 6.86. The maximum absolute atomic E-state index is 2.90. The lowest BCUT2D eigenvalue weighted by atomic mass is 9.26. The van der Waals surface area contributed by atoms with Crippen molar-refractivity contribution in [3.63, 3.8) is 0 Å². The zero-order valence-corrected chi connectivity index (χ0v) is 50.3. The first-order chi connectivity index (χ1) is 35.3. The summed E-state index contributed by atoms with van der Waals surface area (Å²) in [6, 6.07) is 45.4. The largest absolute Gasteiger partial charge is 0.338 e. The Morgan fingerprint density at radius 2 is 1.04 bits per heavy atom. The summed E-state index contributed by atoms with van der Waals surface area (Å²) in [5, 5.41) is 0. The zero-order valence-electron chi connectivity index (χ0n) is 50.3. The molecule has 6 aromatic carbocycles. The summed E-state index contributed by atoms with van der Waals surface area (Å²) in [7, 11) is 0. The minimum absolute atomic E-state index is 0.00119. The predicted molar refractivity (Wildman–Crippen MR) is 328 cm³/mol. The van der Waals surface area contributed by atoms with Crippen molar-refractivity contribution in [2.75, 3.05) is 14.7 Å². The van der Waals surface area contributed by atoms with Crippen LogP contribution < -0.4 is 20.2 Å². The van der Waals surface area contributed by atoms with Crippen molar-refractivity contribution in [2.24, 2.45) is 0 Å². The van der Waals surface area contributed by atoms with Crippen LogP contribution in [0.4, 0.5) is 34.1 Å².